The molecule has 4 heterocycles. The molecule has 0 aliphatic carbocycles. The fraction of sp³-hybridized carbons (Fsp3) is 0.111. The Balaban J connectivity index is 1.69. The largest absolute Gasteiger partial charge is 0.336 e. The smallest absolute Gasteiger partial charge is 0.135 e. The van der Waals surface area contributed by atoms with Gasteiger partial charge in [-0.2, -0.15) is 0 Å². The molecule has 3 aromatic heterocycles. The maximum atomic E-state index is 6.20. The Labute approximate surface area is 153 Å². The predicted octanol–water partition coefficient (Wildman–Crippen LogP) is 2.44. The first-order valence-corrected chi connectivity index (χ1v) is 8.36. The fourth-order valence-corrected chi connectivity index (χ4v) is 3.25. The van der Waals surface area contributed by atoms with Crippen LogP contribution in [0.25, 0.3) is 11.4 Å². The second-order valence-corrected chi connectivity index (χ2v) is 6.43. The van der Waals surface area contributed by atoms with Gasteiger partial charge in [-0.05, 0) is 37.0 Å². The van der Waals surface area contributed by atoms with Gasteiger partial charge in [0.2, 0.25) is 0 Å². The summed E-state index contributed by atoms with van der Waals surface area (Å²) in [5.41, 5.74) is 5.22. The van der Waals surface area contributed by atoms with Crippen molar-refractivity contribution in [3.8, 4) is 23.2 Å². The third kappa shape index (κ3) is 2.31. The van der Waals surface area contributed by atoms with Crippen LogP contribution in [0.3, 0.4) is 0 Å². The number of hydrogen-bond donors (Lipinski definition) is 1. The van der Waals surface area contributed by atoms with Crippen molar-refractivity contribution in [2.75, 3.05) is 0 Å². The monoisotopic (exact) mass is 361 g/mol. The number of nitrogens with zero attached hydrogens (tertiary/aromatic N) is 6. The minimum atomic E-state index is 0.616. The Hall–Kier alpha value is -3.37. The molecule has 4 aromatic rings. The first kappa shape index (κ1) is 14.9. The number of halogens is 1. The highest BCUT2D eigenvalue weighted by Crippen LogP contribution is 2.30. The molecule has 0 amide bonds. The summed E-state index contributed by atoms with van der Waals surface area (Å²) in [4.78, 5) is 11.8. The third-order valence-corrected chi connectivity index (χ3v) is 4.51. The molecular formula is C18H12ClN7. The summed E-state index contributed by atoms with van der Waals surface area (Å²) in [7, 11) is 0. The molecule has 0 saturated heterocycles. The zero-order chi connectivity index (χ0) is 17.7. The van der Waals surface area contributed by atoms with Crippen molar-refractivity contribution in [2.24, 2.45) is 0 Å². The summed E-state index contributed by atoms with van der Waals surface area (Å²) in [6.07, 6.45) is 5.87. The molecule has 0 spiro atoms. The topological polar surface area (TPSA) is 77.2 Å². The highest BCUT2D eigenvalue weighted by atomic mass is 35.5. The highest BCUT2D eigenvalue weighted by Gasteiger charge is 2.22. The quantitative estimate of drug-likeness (QED) is 0.430. The van der Waals surface area contributed by atoms with E-state index in [1.807, 2.05) is 34.4 Å². The van der Waals surface area contributed by atoms with E-state index in [1.165, 1.54) is 0 Å². The number of aryl methyl sites for hydroxylation is 1. The number of aromatic nitrogens is 7. The fourth-order valence-electron chi connectivity index (χ4n) is 3.09. The van der Waals surface area contributed by atoms with Crippen LogP contribution in [0, 0.1) is 18.8 Å². The van der Waals surface area contributed by atoms with E-state index >= 15 is 0 Å². The van der Waals surface area contributed by atoms with Gasteiger partial charge in [0.1, 0.15) is 23.5 Å². The SMILES string of the molecule is Cc1ncc(C#Cc2ncn3c2Cc2cnnn2-c2cc(Cl)ccc2-3)[nH]1. The maximum absolute atomic E-state index is 6.20. The summed E-state index contributed by atoms with van der Waals surface area (Å²) >= 11 is 6.20. The standard InChI is InChI=1S/C18H12ClN7/c1-11-20-8-13(23-11)3-4-15-17-7-14-9-22-24-26(14)18-6-12(19)2-5-16(18)25(17)10-21-15/h2,5-6,8-10H,7H2,1H3,(H,20,23). The second-order valence-electron chi connectivity index (χ2n) is 5.99. The van der Waals surface area contributed by atoms with E-state index in [-0.39, 0.29) is 0 Å². The molecule has 26 heavy (non-hydrogen) atoms. The van der Waals surface area contributed by atoms with Gasteiger partial charge in [-0.15, -0.1) is 5.10 Å². The average molecular weight is 362 g/mol. The van der Waals surface area contributed by atoms with Crippen molar-refractivity contribution in [2.45, 2.75) is 13.3 Å². The molecule has 1 aliphatic heterocycles. The number of benzene rings is 1. The molecule has 0 radical (unpaired) electrons. The molecule has 0 atom stereocenters. The summed E-state index contributed by atoms with van der Waals surface area (Å²) in [6.45, 7) is 1.89. The van der Waals surface area contributed by atoms with Gasteiger partial charge in [-0.3, -0.25) is 4.57 Å². The van der Waals surface area contributed by atoms with E-state index < -0.39 is 0 Å². The Kier molecular flexibility index (Phi) is 3.20. The lowest BCUT2D eigenvalue weighted by Gasteiger charge is -2.09. The second kappa shape index (κ2) is 5.58. The van der Waals surface area contributed by atoms with E-state index in [9.17, 15) is 0 Å². The highest BCUT2D eigenvalue weighted by molar-refractivity contribution is 6.30. The van der Waals surface area contributed by atoms with Crippen molar-refractivity contribution >= 4 is 11.6 Å². The third-order valence-electron chi connectivity index (χ3n) is 4.28. The number of nitrogens with one attached hydrogen (secondary N) is 1. The van der Waals surface area contributed by atoms with Crippen LogP contribution in [0.2, 0.25) is 5.02 Å². The van der Waals surface area contributed by atoms with Gasteiger partial charge >= 0.3 is 0 Å². The molecule has 1 N–H and O–H groups in total. The Morgan fingerprint density at radius 3 is 2.92 bits per heavy atom. The number of rotatable bonds is 0. The molecule has 0 saturated carbocycles. The van der Waals surface area contributed by atoms with Crippen LogP contribution in [0.4, 0.5) is 0 Å². The summed E-state index contributed by atoms with van der Waals surface area (Å²) < 4.78 is 3.84. The van der Waals surface area contributed by atoms with Gasteiger partial charge in [-0.25, -0.2) is 14.6 Å². The lowest BCUT2D eigenvalue weighted by molar-refractivity contribution is 0.778. The predicted molar refractivity (Wildman–Crippen MR) is 95.6 cm³/mol. The van der Waals surface area contributed by atoms with Gasteiger partial charge in [0.15, 0.2) is 0 Å². The number of imidazole rings is 2. The molecule has 8 heteroatoms. The summed E-state index contributed by atoms with van der Waals surface area (Å²) in [5, 5.41) is 8.90. The number of aromatic amines is 1. The zero-order valence-corrected chi connectivity index (χ0v) is 14.5. The Morgan fingerprint density at radius 1 is 1.15 bits per heavy atom. The van der Waals surface area contributed by atoms with Crippen molar-refractivity contribution < 1.29 is 0 Å². The number of fused-ring (bicyclic) bond motifs is 5. The lowest BCUT2D eigenvalue weighted by Crippen LogP contribution is -2.03. The molecular weight excluding hydrogens is 350 g/mol. The van der Waals surface area contributed by atoms with E-state index in [2.05, 4.69) is 37.1 Å². The van der Waals surface area contributed by atoms with Crippen LogP contribution in [0.1, 0.15) is 28.6 Å². The summed E-state index contributed by atoms with van der Waals surface area (Å²) in [5.74, 6) is 7.06. The van der Waals surface area contributed by atoms with Crippen molar-refractivity contribution in [1.29, 1.82) is 0 Å². The minimum Gasteiger partial charge on any atom is -0.336 e. The van der Waals surface area contributed by atoms with Crippen LogP contribution < -0.4 is 0 Å². The van der Waals surface area contributed by atoms with Gasteiger partial charge in [0, 0.05) is 11.4 Å². The first-order valence-electron chi connectivity index (χ1n) is 7.99. The van der Waals surface area contributed by atoms with Gasteiger partial charge in [0.05, 0.1) is 35.2 Å². The Bertz CT molecular complexity index is 1200. The number of hydrogen-bond acceptors (Lipinski definition) is 4. The molecule has 1 aliphatic rings. The molecule has 0 unspecified atom stereocenters. The van der Waals surface area contributed by atoms with E-state index in [1.54, 1.807) is 18.7 Å². The lowest BCUT2D eigenvalue weighted by atomic mass is 10.2. The van der Waals surface area contributed by atoms with E-state index in [4.69, 9.17) is 11.6 Å². The molecule has 0 bridgehead atoms. The molecule has 0 fully saturated rings. The van der Waals surface area contributed by atoms with Crippen LogP contribution in [0.15, 0.2) is 36.9 Å². The van der Waals surface area contributed by atoms with E-state index in [0.717, 1.165) is 34.3 Å². The normalized spacial score (nSPS) is 11.8. The van der Waals surface area contributed by atoms with Crippen LogP contribution >= 0.6 is 11.6 Å². The molecule has 7 nitrogen and oxygen atoms in total. The first-order chi connectivity index (χ1) is 12.7. The molecule has 5 rings (SSSR count). The van der Waals surface area contributed by atoms with Crippen LogP contribution in [0.5, 0.6) is 0 Å². The Morgan fingerprint density at radius 2 is 2.08 bits per heavy atom. The van der Waals surface area contributed by atoms with Crippen molar-refractivity contribution in [3.63, 3.8) is 0 Å². The minimum absolute atomic E-state index is 0.616. The van der Waals surface area contributed by atoms with Gasteiger partial charge in [-0.1, -0.05) is 16.8 Å². The zero-order valence-electron chi connectivity index (χ0n) is 13.7. The van der Waals surface area contributed by atoms with Gasteiger partial charge in [0.25, 0.3) is 0 Å². The maximum Gasteiger partial charge on any atom is 0.135 e. The van der Waals surface area contributed by atoms with Crippen molar-refractivity contribution in [3.05, 3.63) is 70.5 Å². The molecule has 126 valence electrons. The van der Waals surface area contributed by atoms with Crippen molar-refractivity contribution in [1.82, 2.24) is 34.5 Å². The molecule has 1 aromatic carbocycles. The van der Waals surface area contributed by atoms with Crippen LogP contribution in [-0.2, 0) is 6.42 Å². The van der Waals surface area contributed by atoms with E-state index in [0.29, 0.717) is 17.1 Å². The van der Waals surface area contributed by atoms with Gasteiger partial charge < -0.3 is 4.98 Å². The summed E-state index contributed by atoms with van der Waals surface area (Å²) in [6, 6.07) is 5.68. The van der Waals surface area contributed by atoms with Crippen LogP contribution in [-0.4, -0.2) is 34.5 Å². The number of H-pyrrole nitrogens is 1. The average Bonchev–Trinajstić information content (AvgIpc) is 3.33.